The second kappa shape index (κ2) is 7.45. The van der Waals surface area contributed by atoms with Gasteiger partial charge in [-0.3, -0.25) is 4.79 Å². The first-order valence-electron chi connectivity index (χ1n) is 6.46. The van der Waals surface area contributed by atoms with E-state index >= 15 is 0 Å². The van der Waals surface area contributed by atoms with Gasteiger partial charge in [0.05, 0.1) is 6.21 Å². The van der Waals surface area contributed by atoms with Gasteiger partial charge in [0, 0.05) is 10.6 Å². The van der Waals surface area contributed by atoms with Gasteiger partial charge < -0.3 is 4.74 Å². The molecule has 0 fully saturated rings. The Hall–Kier alpha value is -2.33. The molecule has 1 amide bonds. The van der Waals surface area contributed by atoms with Crippen LogP contribution in [0.3, 0.4) is 0 Å². The minimum absolute atomic E-state index is 0.331. The first kappa shape index (κ1) is 15.1. The van der Waals surface area contributed by atoms with Gasteiger partial charge in [-0.15, -0.1) is 0 Å². The third-order valence-corrected chi connectivity index (χ3v) is 3.05. The molecule has 2 aromatic carbocycles. The number of amides is 1. The van der Waals surface area contributed by atoms with E-state index < -0.39 is 6.10 Å². The number of hydrogen-bond acceptors (Lipinski definition) is 3. The molecular formula is C16H15ClN2O2. The molecule has 0 unspecified atom stereocenters. The highest BCUT2D eigenvalue weighted by molar-refractivity contribution is 6.33. The van der Waals surface area contributed by atoms with Gasteiger partial charge in [0.15, 0.2) is 6.10 Å². The summed E-state index contributed by atoms with van der Waals surface area (Å²) < 4.78 is 5.49. The Labute approximate surface area is 128 Å². The number of para-hydroxylation sites is 1. The summed E-state index contributed by atoms with van der Waals surface area (Å²) >= 11 is 5.98. The second-order valence-electron chi connectivity index (χ2n) is 4.33. The van der Waals surface area contributed by atoms with E-state index in [4.69, 9.17) is 16.3 Å². The zero-order valence-corrected chi connectivity index (χ0v) is 12.2. The van der Waals surface area contributed by atoms with Gasteiger partial charge in [-0.25, -0.2) is 5.43 Å². The van der Waals surface area contributed by atoms with E-state index in [1.165, 1.54) is 6.21 Å². The van der Waals surface area contributed by atoms with Gasteiger partial charge in [-0.1, -0.05) is 48.0 Å². The van der Waals surface area contributed by atoms with Crippen LogP contribution in [0.1, 0.15) is 12.5 Å². The van der Waals surface area contributed by atoms with E-state index in [1.807, 2.05) is 36.4 Å². The van der Waals surface area contributed by atoms with Crippen LogP contribution in [0.4, 0.5) is 0 Å². The molecule has 0 heterocycles. The Morgan fingerprint density at radius 3 is 2.57 bits per heavy atom. The summed E-state index contributed by atoms with van der Waals surface area (Å²) in [6.07, 6.45) is 0.853. The number of rotatable bonds is 5. The summed E-state index contributed by atoms with van der Waals surface area (Å²) in [7, 11) is 0. The van der Waals surface area contributed by atoms with E-state index in [0.717, 1.165) is 5.56 Å². The van der Waals surface area contributed by atoms with Crippen LogP contribution in [0.5, 0.6) is 5.75 Å². The number of nitrogens with zero attached hydrogens (tertiary/aromatic N) is 1. The lowest BCUT2D eigenvalue weighted by molar-refractivity contribution is -0.127. The van der Waals surface area contributed by atoms with Crippen molar-refractivity contribution in [2.24, 2.45) is 5.10 Å². The Morgan fingerprint density at radius 1 is 1.19 bits per heavy atom. The van der Waals surface area contributed by atoms with Crippen molar-refractivity contribution in [1.82, 2.24) is 5.43 Å². The molecule has 1 N–H and O–H groups in total. The van der Waals surface area contributed by atoms with Crippen LogP contribution in [0, 0.1) is 0 Å². The van der Waals surface area contributed by atoms with Gasteiger partial charge in [-0.2, -0.15) is 5.10 Å². The molecule has 0 aromatic heterocycles. The zero-order chi connectivity index (χ0) is 15.1. The number of halogens is 1. The molecule has 0 spiro atoms. The Kier molecular flexibility index (Phi) is 5.35. The van der Waals surface area contributed by atoms with Crippen molar-refractivity contribution < 1.29 is 9.53 Å². The molecule has 0 aliphatic carbocycles. The van der Waals surface area contributed by atoms with Gasteiger partial charge >= 0.3 is 0 Å². The fourth-order valence-electron chi connectivity index (χ4n) is 1.59. The lowest BCUT2D eigenvalue weighted by Crippen LogP contribution is -2.33. The topological polar surface area (TPSA) is 50.7 Å². The average Bonchev–Trinajstić information content (AvgIpc) is 2.50. The zero-order valence-electron chi connectivity index (χ0n) is 11.5. The molecule has 0 saturated heterocycles. The van der Waals surface area contributed by atoms with E-state index in [1.54, 1.807) is 25.1 Å². The molecule has 21 heavy (non-hydrogen) atoms. The molecule has 0 saturated carbocycles. The monoisotopic (exact) mass is 302 g/mol. The smallest absolute Gasteiger partial charge is 0.280 e. The van der Waals surface area contributed by atoms with Crippen LogP contribution in [-0.2, 0) is 4.79 Å². The lowest BCUT2D eigenvalue weighted by atomic mass is 10.2. The predicted molar refractivity (Wildman–Crippen MR) is 83.7 cm³/mol. The van der Waals surface area contributed by atoms with Crippen molar-refractivity contribution in [2.45, 2.75) is 13.0 Å². The van der Waals surface area contributed by atoms with Crippen molar-refractivity contribution in [1.29, 1.82) is 0 Å². The maximum Gasteiger partial charge on any atom is 0.280 e. The molecular weight excluding hydrogens is 288 g/mol. The van der Waals surface area contributed by atoms with Crippen LogP contribution in [0.15, 0.2) is 59.7 Å². The van der Waals surface area contributed by atoms with Crippen LogP contribution < -0.4 is 10.2 Å². The third-order valence-electron chi connectivity index (χ3n) is 2.71. The fourth-order valence-corrected chi connectivity index (χ4v) is 1.78. The van der Waals surface area contributed by atoms with Crippen LogP contribution in [0.25, 0.3) is 0 Å². The second-order valence-corrected chi connectivity index (χ2v) is 4.74. The Morgan fingerprint density at radius 2 is 1.86 bits per heavy atom. The molecule has 0 bridgehead atoms. The molecule has 0 radical (unpaired) electrons. The summed E-state index contributed by atoms with van der Waals surface area (Å²) in [4.78, 5) is 11.8. The van der Waals surface area contributed by atoms with Crippen molar-refractivity contribution in [3.8, 4) is 5.75 Å². The highest BCUT2D eigenvalue weighted by Crippen LogP contribution is 2.12. The molecule has 0 aliphatic rings. The van der Waals surface area contributed by atoms with Crippen molar-refractivity contribution in [3.05, 3.63) is 65.2 Å². The maximum atomic E-state index is 11.8. The SMILES string of the molecule is C[C@@H](Oc1ccccc1)C(=O)N/N=C\c1ccccc1Cl. The molecule has 5 heteroatoms. The van der Waals surface area contributed by atoms with Crippen LogP contribution >= 0.6 is 11.6 Å². The van der Waals surface area contributed by atoms with E-state index in [0.29, 0.717) is 10.8 Å². The number of benzene rings is 2. The molecule has 0 aliphatic heterocycles. The van der Waals surface area contributed by atoms with Gasteiger partial charge in [0.2, 0.25) is 0 Å². The first-order valence-corrected chi connectivity index (χ1v) is 6.84. The number of nitrogens with one attached hydrogen (secondary N) is 1. The van der Waals surface area contributed by atoms with Crippen molar-refractivity contribution in [3.63, 3.8) is 0 Å². The molecule has 108 valence electrons. The summed E-state index contributed by atoms with van der Waals surface area (Å²) in [5.41, 5.74) is 3.16. The highest BCUT2D eigenvalue weighted by atomic mass is 35.5. The Bertz CT molecular complexity index is 629. The lowest BCUT2D eigenvalue weighted by Gasteiger charge is -2.12. The highest BCUT2D eigenvalue weighted by Gasteiger charge is 2.13. The normalized spacial score (nSPS) is 12.1. The fraction of sp³-hybridized carbons (Fsp3) is 0.125. The maximum absolute atomic E-state index is 11.8. The number of ether oxygens (including phenoxy) is 1. The van der Waals surface area contributed by atoms with E-state index in [-0.39, 0.29) is 5.91 Å². The van der Waals surface area contributed by atoms with Crippen molar-refractivity contribution in [2.75, 3.05) is 0 Å². The third kappa shape index (κ3) is 4.61. The predicted octanol–water partition coefficient (Wildman–Crippen LogP) is 3.26. The van der Waals surface area contributed by atoms with Crippen LogP contribution in [-0.4, -0.2) is 18.2 Å². The van der Waals surface area contributed by atoms with Crippen molar-refractivity contribution >= 4 is 23.7 Å². The Balaban J connectivity index is 1.88. The number of carbonyl (C=O) groups is 1. The van der Waals surface area contributed by atoms with Gasteiger partial charge in [0.1, 0.15) is 5.75 Å². The molecule has 2 aromatic rings. The summed E-state index contributed by atoms with van der Waals surface area (Å²) in [6, 6.07) is 16.4. The number of hydrazone groups is 1. The van der Waals surface area contributed by atoms with Crippen LogP contribution in [0.2, 0.25) is 5.02 Å². The summed E-state index contributed by atoms with van der Waals surface area (Å²) in [5.74, 6) is 0.303. The summed E-state index contributed by atoms with van der Waals surface area (Å²) in [5, 5.41) is 4.45. The minimum Gasteiger partial charge on any atom is -0.481 e. The quantitative estimate of drug-likeness (QED) is 0.681. The largest absolute Gasteiger partial charge is 0.481 e. The van der Waals surface area contributed by atoms with E-state index in [2.05, 4.69) is 10.5 Å². The standard InChI is InChI=1S/C16H15ClN2O2/c1-12(21-14-8-3-2-4-9-14)16(20)19-18-11-13-7-5-6-10-15(13)17/h2-12H,1H3,(H,19,20)/b18-11-/t12-/m1/s1. The molecule has 1 atom stereocenters. The van der Waals surface area contributed by atoms with E-state index in [9.17, 15) is 4.79 Å². The molecule has 2 rings (SSSR count). The average molecular weight is 303 g/mol. The number of hydrogen-bond donors (Lipinski definition) is 1. The summed E-state index contributed by atoms with van der Waals surface area (Å²) in [6.45, 7) is 1.66. The van der Waals surface area contributed by atoms with Gasteiger partial charge in [0.25, 0.3) is 5.91 Å². The van der Waals surface area contributed by atoms with Gasteiger partial charge in [-0.05, 0) is 25.1 Å². The minimum atomic E-state index is -0.643. The first-order chi connectivity index (χ1) is 10.2. The number of carbonyl (C=O) groups excluding carboxylic acids is 1. The molecule has 4 nitrogen and oxygen atoms in total.